The number of thiazole rings is 1. The maximum Gasteiger partial charge on any atom is 0.221 e. The number of rotatable bonds is 2. The number of hydrogen-bond acceptors (Lipinski definition) is 6. The topological polar surface area (TPSA) is 93.8 Å². The summed E-state index contributed by atoms with van der Waals surface area (Å²) >= 11 is 7.33. The third kappa shape index (κ3) is 3.20. The van der Waals surface area contributed by atoms with E-state index in [0.29, 0.717) is 28.9 Å². The molecule has 0 fully saturated rings. The fourth-order valence-corrected chi connectivity index (χ4v) is 3.95. The van der Waals surface area contributed by atoms with Gasteiger partial charge in [-0.2, -0.15) is 0 Å². The molecule has 1 aromatic carbocycles. The van der Waals surface area contributed by atoms with E-state index in [1.807, 2.05) is 12.1 Å². The summed E-state index contributed by atoms with van der Waals surface area (Å²) in [6.45, 7) is 0.405. The van der Waals surface area contributed by atoms with E-state index in [-0.39, 0.29) is 11.8 Å². The van der Waals surface area contributed by atoms with Crippen LogP contribution in [0.25, 0.3) is 11.4 Å². The molecule has 25 heavy (non-hydrogen) atoms. The number of amides is 1. The molecule has 6 nitrogen and oxygen atoms in total. The molecular formula is C17H14ClN5OS. The first-order chi connectivity index (χ1) is 12.1. The van der Waals surface area contributed by atoms with Crippen LogP contribution in [-0.4, -0.2) is 20.9 Å². The predicted molar refractivity (Wildman–Crippen MR) is 97.3 cm³/mol. The normalized spacial score (nSPS) is 16.8. The van der Waals surface area contributed by atoms with Gasteiger partial charge in [0.1, 0.15) is 0 Å². The van der Waals surface area contributed by atoms with E-state index in [2.05, 4.69) is 20.3 Å². The Morgan fingerprint density at radius 2 is 1.92 bits per heavy atom. The van der Waals surface area contributed by atoms with Crippen LogP contribution in [0.4, 0.5) is 5.13 Å². The van der Waals surface area contributed by atoms with E-state index in [1.54, 1.807) is 24.5 Å². The van der Waals surface area contributed by atoms with Gasteiger partial charge in [0.2, 0.25) is 5.91 Å². The largest absolute Gasteiger partial charge is 0.375 e. The minimum absolute atomic E-state index is 0.0180. The van der Waals surface area contributed by atoms with Crippen molar-refractivity contribution < 1.29 is 4.79 Å². The van der Waals surface area contributed by atoms with Gasteiger partial charge in [-0.3, -0.25) is 4.79 Å². The van der Waals surface area contributed by atoms with Crippen LogP contribution < -0.4 is 11.1 Å². The van der Waals surface area contributed by atoms with E-state index in [4.69, 9.17) is 17.3 Å². The van der Waals surface area contributed by atoms with E-state index < -0.39 is 0 Å². The van der Waals surface area contributed by atoms with Crippen molar-refractivity contribution in [3.05, 3.63) is 57.8 Å². The average Bonchev–Trinajstić information content (AvgIpc) is 2.92. The minimum Gasteiger partial charge on any atom is -0.375 e. The van der Waals surface area contributed by atoms with Crippen LogP contribution in [-0.2, 0) is 11.3 Å². The molecule has 3 heterocycles. The Morgan fingerprint density at radius 1 is 1.20 bits per heavy atom. The minimum atomic E-state index is -0.133. The zero-order valence-corrected chi connectivity index (χ0v) is 14.6. The van der Waals surface area contributed by atoms with Crippen molar-refractivity contribution in [2.75, 3.05) is 5.73 Å². The maximum atomic E-state index is 12.0. The zero-order valence-electron chi connectivity index (χ0n) is 13.1. The van der Waals surface area contributed by atoms with Crippen molar-refractivity contribution in [3.8, 4) is 11.4 Å². The fourth-order valence-electron chi connectivity index (χ4n) is 2.85. The van der Waals surface area contributed by atoms with Crippen LogP contribution in [0, 0.1) is 0 Å². The van der Waals surface area contributed by atoms with Crippen LogP contribution in [0.3, 0.4) is 0 Å². The molecule has 1 aliphatic rings. The van der Waals surface area contributed by atoms with Gasteiger partial charge in [-0.15, -0.1) is 11.3 Å². The summed E-state index contributed by atoms with van der Waals surface area (Å²) in [5.41, 5.74) is 8.43. The fraction of sp³-hybridized carbons (Fsp3) is 0.176. The Kier molecular flexibility index (Phi) is 4.10. The molecule has 0 spiro atoms. The first-order valence-electron chi connectivity index (χ1n) is 7.70. The van der Waals surface area contributed by atoms with Crippen molar-refractivity contribution in [2.45, 2.75) is 18.9 Å². The number of carbonyl (C=O) groups is 1. The van der Waals surface area contributed by atoms with E-state index in [9.17, 15) is 4.79 Å². The molecule has 0 aliphatic carbocycles. The summed E-state index contributed by atoms with van der Waals surface area (Å²) in [5, 5.41) is 4.02. The Balaban J connectivity index is 1.69. The van der Waals surface area contributed by atoms with Crippen molar-refractivity contribution >= 4 is 34.0 Å². The molecule has 3 aromatic rings. The molecule has 4 rings (SSSR count). The van der Waals surface area contributed by atoms with Gasteiger partial charge in [-0.1, -0.05) is 11.6 Å². The molecule has 1 aliphatic heterocycles. The van der Waals surface area contributed by atoms with E-state index in [1.165, 1.54) is 11.3 Å². The van der Waals surface area contributed by atoms with Gasteiger partial charge in [0, 0.05) is 40.2 Å². The number of nitrogens with one attached hydrogen (secondary N) is 1. The molecule has 2 aromatic heterocycles. The van der Waals surface area contributed by atoms with Gasteiger partial charge < -0.3 is 11.1 Å². The molecule has 8 heteroatoms. The highest BCUT2D eigenvalue weighted by Crippen LogP contribution is 2.37. The Morgan fingerprint density at radius 3 is 2.64 bits per heavy atom. The summed E-state index contributed by atoms with van der Waals surface area (Å²) in [6.07, 6.45) is 3.86. The molecule has 1 atom stereocenters. The predicted octanol–water partition coefficient (Wildman–Crippen LogP) is 2.99. The van der Waals surface area contributed by atoms with Gasteiger partial charge in [0.25, 0.3) is 0 Å². The van der Waals surface area contributed by atoms with Crippen LogP contribution in [0.2, 0.25) is 5.02 Å². The number of nitrogens with zero attached hydrogens (tertiary/aromatic N) is 3. The molecule has 0 bridgehead atoms. The number of halogens is 1. The zero-order chi connectivity index (χ0) is 17.4. The first kappa shape index (κ1) is 16.0. The van der Waals surface area contributed by atoms with Crippen molar-refractivity contribution in [1.29, 1.82) is 0 Å². The molecule has 126 valence electrons. The van der Waals surface area contributed by atoms with Gasteiger partial charge in [-0.25, -0.2) is 15.0 Å². The lowest BCUT2D eigenvalue weighted by Gasteiger charge is -2.13. The van der Waals surface area contributed by atoms with Crippen LogP contribution in [0.5, 0.6) is 0 Å². The highest BCUT2D eigenvalue weighted by Gasteiger charge is 2.28. The molecule has 1 amide bonds. The average molecular weight is 372 g/mol. The van der Waals surface area contributed by atoms with Gasteiger partial charge in [0.15, 0.2) is 11.0 Å². The number of nitrogens with two attached hydrogens (primary N) is 1. The van der Waals surface area contributed by atoms with Crippen LogP contribution in [0.1, 0.15) is 28.5 Å². The number of fused-ring (bicyclic) bond motifs is 1. The van der Waals surface area contributed by atoms with Gasteiger partial charge in [-0.05, 0) is 29.8 Å². The van der Waals surface area contributed by atoms with Gasteiger partial charge >= 0.3 is 0 Å². The standard InChI is InChI=1S/C17H14ClN5OS/c18-11-3-1-9(2-4-11)16-21-6-10(7-22-16)12-5-14(24)20-8-13-15(12)25-17(19)23-13/h1-4,6-7,12H,5,8H2,(H2,19,23)(H,20,24)/t12-/m1/s1. The van der Waals surface area contributed by atoms with E-state index >= 15 is 0 Å². The van der Waals surface area contributed by atoms with Crippen molar-refractivity contribution in [3.63, 3.8) is 0 Å². The lowest BCUT2D eigenvalue weighted by Crippen LogP contribution is -2.21. The molecular weight excluding hydrogens is 358 g/mol. The lowest BCUT2D eigenvalue weighted by molar-refractivity contribution is -0.121. The quantitative estimate of drug-likeness (QED) is 0.722. The SMILES string of the molecule is Nc1nc2c(s1)[C@@H](c1cnc(-c3ccc(Cl)cc3)nc1)CC(=O)NC2. The number of anilines is 1. The number of hydrogen-bond donors (Lipinski definition) is 2. The summed E-state index contributed by atoms with van der Waals surface area (Å²) in [6, 6.07) is 7.35. The third-order valence-electron chi connectivity index (χ3n) is 4.08. The maximum absolute atomic E-state index is 12.0. The molecule has 0 saturated heterocycles. The van der Waals surface area contributed by atoms with Crippen molar-refractivity contribution in [1.82, 2.24) is 20.3 Å². The smallest absolute Gasteiger partial charge is 0.221 e. The number of aromatic nitrogens is 3. The number of nitrogen functional groups attached to an aromatic ring is 1. The lowest BCUT2D eigenvalue weighted by atomic mass is 9.96. The number of carbonyl (C=O) groups excluding carboxylic acids is 1. The third-order valence-corrected chi connectivity index (χ3v) is 5.37. The molecule has 3 N–H and O–H groups in total. The second-order valence-corrected chi connectivity index (χ2v) is 7.24. The summed E-state index contributed by atoms with van der Waals surface area (Å²) in [7, 11) is 0. The Bertz CT molecular complexity index is 923. The number of benzene rings is 1. The van der Waals surface area contributed by atoms with Crippen molar-refractivity contribution in [2.24, 2.45) is 0 Å². The highest BCUT2D eigenvalue weighted by atomic mass is 35.5. The second-order valence-electron chi connectivity index (χ2n) is 5.74. The summed E-state index contributed by atoms with van der Waals surface area (Å²) < 4.78 is 0. The highest BCUT2D eigenvalue weighted by molar-refractivity contribution is 7.15. The van der Waals surface area contributed by atoms with E-state index in [0.717, 1.165) is 21.7 Å². The molecule has 0 unspecified atom stereocenters. The monoisotopic (exact) mass is 371 g/mol. The first-order valence-corrected chi connectivity index (χ1v) is 8.89. The molecule has 0 radical (unpaired) electrons. The molecule has 0 saturated carbocycles. The summed E-state index contributed by atoms with van der Waals surface area (Å²) in [5.74, 6) is 0.463. The van der Waals surface area contributed by atoms with Crippen LogP contribution in [0.15, 0.2) is 36.7 Å². The van der Waals surface area contributed by atoms with Crippen LogP contribution >= 0.6 is 22.9 Å². The van der Waals surface area contributed by atoms with Gasteiger partial charge in [0.05, 0.1) is 12.2 Å². The Labute approximate surface area is 153 Å². The summed E-state index contributed by atoms with van der Waals surface area (Å²) in [4.78, 5) is 26.3. The second kappa shape index (κ2) is 6.42. The Hall–Kier alpha value is -2.51.